The molecule has 2 unspecified atom stereocenters. The number of aromatic nitrogens is 2. The van der Waals surface area contributed by atoms with Crippen molar-refractivity contribution in [3.05, 3.63) is 18.0 Å². The van der Waals surface area contributed by atoms with Crippen molar-refractivity contribution in [2.45, 2.75) is 33.6 Å². The first-order valence-electron chi connectivity index (χ1n) is 6.31. The number of hydrogen-bond donors (Lipinski definition) is 1. The van der Waals surface area contributed by atoms with Gasteiger partial charge in [0.2, 0.25) is 0 Å². The summed E-state index contributed by atoms with van der Waals surface area (Å²) in [6.45, 7) is 9.10. The van der Waals surface area contributed by atoms with Gasteiger partial charge in [-0.1, -0.05) is 20.8 Å². The van der Waals surface area contributed by atoms with E-state index in [1.807, 2.05) is 17.9 Å². The lowest BCUT2D eigenvalue weighted by atomic mass is 9.90. The Balaban J connectivity index is 2.30. The lowest BCUT2D eigenvalue weighted by Crippen LogP contribution is -2.26. The third-order valence-corrected chi connectivity index (χ3v) is 3.18. The van der Waals surface area contributed by atoms with Crippen LogP contribution in [0.25, 0.3) is 0 Å². The summed E-state index contributed by atoms with van der Waals surface area (Å²) in [7, 11) is 1.97. The second-order valence-electron chi connectivity index (χ2n) is 4.89. The second kappa shape index (κ2) is 6.69. The topological polar surface area (TPSA) is 29.9 Å². The van der Waals surface area contributed by atoms with Crippen LogP contribution in [0.15, 0.2) is 12.4 Å². The zero-order valence-corrected chi connectivity index (χ0v) is 11.0. The molecule has 0 amide bonds. The van der Waals surface area contributed by atoms with E-state index in [2.05, 4.69) is 37.4 Å². The van der Waals surface area contributed by atoms with Crippen LogP contribution < -0.4 is 5.32 Å². The van der Waals surface area contributed by atoms with Gasteiger partial charge >= 0.3 is 0 Å². The van der Waals surface area contributed by atoms with E-state index < -0.39 is 0 Å². The maximum atomic E-state index is 4.21. The minimum atomic E-state index is 0.702. The summed E-state index contributed by atoms with van der Waals surface area (Å²) in [5.74, 6) is 1.42. The zero-order valence-electron chi connectivity index (χ0n) is 11.0. The lowest BCUT2D eigenvalue weighted by molar-refractivity contribution is 0.365. The average molecular weight is 223 g/mol. The molecule has 0 bridgehead atoms. The molecule has 1 N–H and O–H groups in total. The Morgan fingerprint density at radius 3 is 2.69 bits per heavy atom. The highest BCUT2D eigenvalue weighted by Crippen LogP contribution is 2.15. The molecule has 16 heavy (non-hydrogen) atoms. The Labute approximate surface area is 99.2 Å². The third-order valence-electron chi connectivity index (χ3n) is 3.18. The minimum Gasteiger partial charge on any atom is -0.316 e. The molecule has 1 aromatic heterocycles. The molecule has 0 radical (unpaired) electrons. The largest absolute Gasteiger partial charge is 0.316 e. The van der Waals surface area contributed by atoms with Crippen LogP contribution in [0.1, 0.15) is 32.8 Å². The summed E-state index contributed by atoms with van der Waals surface area (Å²) in [6, 6.07) is 0. The Bertz CT molecular complexity index is 293. The molecule has 0 aliphatic heterocycles. The predicted octanol–water partition coefficient (Wildman–Crippen LogP) is 2.23. The van der Waals surface area contributed by atoms with Crippen molar-refractivity contribution in [3.8, 4) is 0 Å². The molecule has 0 fully saturated rings. The van der Waals surface area contributed by atoms with Gasteiger partial charge in [-0.2, -0.15) is 5.10 Å². The molecule has 3 nitrogen and oxygen atoms in total. The van der Waals surface area contributed by atoms with Crippen molar-refractivity contribution in [2.75, 3.05) is 13.1 Å². The van der Waals surface area contributed by atoms with Crippen molar-refractivity contribution in [2.24, 2.45) is 18.9 Å². The fourth-order valence-corrected chi connectivity index (χ4v) is 1.86. The van der Waals surface area contributed by atoms with E-state index in [1.165, 1.54) is 12.0 Å². The molecular formula is C13H25N3. The summed E-state index contributed by atoms with van der Waals surface area (Å²) in [5, 5.41) is 7.69. The molecule has 1 aromatic rings. The summed E-state index contributed by atoms with van der Waals surface area (Å²) in [4.78, 5) is 0. The standard InChI is InChI=1S/C13H25N3/c1-5-6-14-8-12(3)11(2)7-13-9-15-16(4)10-13/h9-12,14H,5-8H2,1-4H3. The van der Waals surface area contributed by atoms with Gasteiger partial charge < -0.3 is 5.32 Å². The summed E-state index contributed by atoms with van der Waals surface area (Å²) in [5.41, 5.74) is 1.34. The van der Waals surface area contributed by atoms with E-state index in [9.17, 15) is 0 Å². The van der Waals surface area contributed by atoms with Crippen LogP contribution in [0, 0.1) is 11.8 Å². The van der Waals surface area contributed by atoms with Crippen molar-refractivity contribution < 1.29 is 0 Å². The van der Waals surface area contributed by atoms with E-state index in [0.29, 0.717) is 11.8 Å². The number of aryl methyl sites for hydroxylation is 1. The van der Waals surface area contributed by atoms with Crippen LogP contribution >= 0.6 is 0 Å². The molecular weight excluding hydrogens is 198 g/mol. The van der Waals surface area contributed by atoms with Gasteiger partial charge in [0.15, 0.2) is 0 Å². The minimum absolute atomic E-state index is 0.702. The third kappa shape index (κ3) is 4.35. The SMILES string of the molecule is CCCNCC(C)C(C)Cc1cnn(C)c1. The van der Waals surface area contributed by atoms with Crippen molar-refractivity contribution >= 4 is 0 Å². The van der Waals surface area contributed by atoms with E-state index in [1.54, 1.807) is 0 Å². The Kier molecular flexibility index (Phi) is 5.53. The molecule has 0 aliphatic carbocycles. The van der Waals surface area contributed by atoms with E-state index >= 15 is 0 Å². The maximum absolute atomic E-state index is 4.21. The van der Waals surface area contributed by atoms with Gasteiger partial charge in [-0.05, 0) is 43.3 Å². The average Bonchev–Trinajstić information content (AvgIpc) is 2.64. The van der Waals surface area contributed by atoms with Crippen LogP contribution in [0.5, 0.6) is 0 Å². The van der Waals surface area contributed by atoms with Crippen molar-refractivity contribution in [3.63, 3.8) is 0 Å². The quantitative estimate of drug-likeness (QED) is 0.718. The van der Waals surface area contributed by atoms with Gasteiger partial charge in [0.1, 0.15) is 0 Å². The highest BCUT2D eigenvalue weighted by atomic mass is 15.2. The molecule has 0 aliphatic rings. The highest BCUT2D eigenvalue weighted by molar-refractivity contribution is 5.04. The number of nitrogens with one attached hydrogen (secondary N) is 1. The lowest BCUT2D eigenvalue weighted by Gasteiger charge is -2.19. The molecule has 0 spiro atoms. The monoisotopic (exact) mass is 223 g/mol. The fraction of sp³-hybridized carbons (Fsp3) is 0.769. The normalized spacial score (nSPS) is 15.0. The van der Waals surface area contributed by atoms with Gasteiger partial charge in [0.25, 0.3) is 0 Å². The van der Waals surface area contributed by atoms with Crippen LogP contribution in [0.4, 0.5) is 0 Å². The summed E-state index contributed by atoms with van der Waals surface area (Å²) < 4.78 is 1.88. The zero-order chi connectivity index (χ0) is 12.0. The first kappa shape index (κ1) is 13.2. The van der Waals surface area contributed by atoms with Gasteiger partial charge in [-0.25, -0.2) is 0 Å². The molecule has 2 atom stereocenters. The second-order valence-corrected chi connectivity index (χ2v) is 4.89. The van der Waals surface area contributed by atoms with Gasteiger partial charge in [-0.15, -0.1) is 0 Å². The highest BCUT2D eigenvalue weighted by Gasteiger charge is 2.13. The maximum Gasteiger partial charge on any atom is 0.0521 e. The Morgan fingerprint density at radius 1 is 1.38 bits per heavy atom. The molecule has 0 saturated heterocycles. The van der Waals surface area contributed by atoms with Crippen LogP contribution in [0.3, 0.4) is 0 Å². The number of hydrogen-bond acceptors (Lipinski definition) is 2. The Morgan fingerprint density at radius 2 is 2.12 bits per heavy atom. The smallest absolute Gasteiger partial charge is 0.0521 e. The fourth-order valence-electron chi connectivity index (χ4n) is 1.86. The van der Waals surface area contributed by atoms with Crippen LogP contribution in [-0.2, 0) is 13.5 Å². The number of nitrogens with zero attached hydrogens (tertiary/aromatic N) is 2. The molecule has 1 rings (SSSR count). The van der Waals surface area contributed by atoms with Gasteiger partial charge in [0, 0.05) is 13.2 Å². The predicted molar refractivity (Wildman–Crippen MR) is 68.4 cm³/mol. The van der Waals surface area contributed by atoms with Gasteiger partial charge in [-0.3, -0.25) is 4.68 Å². The summed E-state index contributed by atoms with van der Waals surface area (Å²) in [6.07, 6.45) is 6.43. The molecule has 0 aromatic carbocycles. The number of rotatable bonds is 7. The molecule has 92 valence electrons. The Hall–Kier alpha value is -0.830. The summed E-state index contributed by atoms with van der Waals surface area (Å²) >= 11 is 0. The van der Waals surface area contributed by atoms with Crippen LogP contribution in [-0.4, -0.2) is 22.9 Å². The van der Waals surface area contributed by atoms with Crippen LogP contribution in [0.2, 0.25) is 0 Å². The molecule has 0 saturated carbocycles. The first-order valence-corrected chi connectivity index (χ1v) is 6.31. The van der Waals surface area contributed by atoms with Gasteiger partial charge in [0.05, 0.1) is 6.20 Å². The molecule has 3 heteroatoms. The first-order chi connectivity index (χ1) is 7.63. The van der Waals surface area contributed by atoms with E-state index in [-0.39, 0.29) is 0 Å². The molecule has 1 heterocycles. The van der Waals surface area contributed by atoms with Crippen molar-refractivity contribution in [1.29, 1.82) is 0 Å². The van der Waals surface area contributed by atoms with E-state index in [0.717, 1.165) is 19.5 Å². The van der Waals surface area contributed by atoms with E-state index in [4.69, 9.17) is 0 Å². The van der Waals surface area contributed by atoms with Crippen molar-refractivity contribution in [1.82, 2.24) is 15.1 Å².